The Kier molecular flexibility index (Phi) is 8.44. The van der Waals surface area contributed by atoms with Gasteiger partial charge in [-0.25, -0.2) is 0 Å². The van der Waals surface area contributed by atoms with Crippen LogP contribution in [0.3, 0.4) is 0 Å². The fraction of sp³-hybridized carbons (Fsp3) is 0.650. The summed E-state index contributed by atoms with van der Waals surface area (Å²) in [6.07, 6.45) is 3.52. The van der Waals surface area contributed by atoms with Crippen LogP contribution in [0.1, 0.15) is 24.8 Å². The SMILES string of the molecule is CN(C)CCC1CCN(CC(=O)N(C)Cc2ccc(OC(F)F)cc2)CC1. The minimum absolute atomic E-state index is 0.0784. The lowest BCUT2D eigenvalue weighted by atomic mass is 9.93. The molecule has 0 radical (unpaired) electrons. The van der Waals surface area contributed by atoms with Crippen molar-refractivity contribution in [2.24, 2.45) is 5.92 Å². The number of halogens is 2. The number of alkyl halides is 2. The summed E-state index contributed by atoms with van der Waals surface area (Å²) in [5, 5.41) is 0. The minimum Gasteiger partial charge on any atom is -0.435 e. The van der Waals surface area contributed by atoms with Gasteiger partial charge in [-0.1, -0.05) is 12.1 Å². The van der Waals surface area contributed by atoms with Crippen LogP contribution >= 0.6 is 0 Å². The van der Waals surface area contributed by atoms with E-state index in [0.717, 1.165) is 44.0 Å². The summed E-state index contributed by atoms with van der Waals surface area (Å²) in [6.45, 7) is 1.12. The molecule has 1 aliphatic heterocycles. The lowest BCUT2D eigenvalue weighted by Gasteiger charge is -2.33. The van der Waals surface area contributed by atoms with Gasteiger partial charge in [0.05, 0.1) is 6.54 Å². The Morgan fingerprint density at radius 2 is 1.81 bits per heavy atom. The summed E-state index contributed by atoms with van der Waals surface area (Å²) in [6, 6.07) is 6.41. The number of piperidine rings is 1. The van der Waals surface area contributed by atoms with Crippen LogP contribution in [0, 0.1) is 5.92 Å². The van der Waals surface area contributed by atoms with E-state index in [1.54, 1.807) is 24.1 Å². The monoisotopic (exact) mass is 383 g/mol. The molecule has 5 nitrogen and oxygen atoms in total. The topological polar surface area (TPSA) is 36.0 Å². The molecule has 7 heteroatoms. The summed E-state index contributed by atoms with van der Waals surface area (Å²) in [5.41, 5.74) is 0.884. The van der Waals surface area contributed by atoms with Gasteiger partial charge in [0.1, 0.15) is 5.75 Å². The highest BCUT2D eigenvalue weighted by Crippen LogP contribution is 2.21. The second-order valence-corrected chi connectivity index (χ2v) is 7.58. The molecule has 0 N–H and O–H groups in total. The lowest BCUT2D eigenvalue weighted by molar-refractivity contribution is -0.132. The van der Waals surface area contributed by atoms with E-state index in [0.29, 0.717) is 13.1 Å². The molecule has 1 aromatic rings. The number of hydrogen-bond acceptors (Lipinski definition) is 4. The fourth-order valence-corrected chi connectivity index (χ4v) is 3.32. The molecular formula is C20H31F2N3O2. The molecular weight excluding hydrogens is 352 g/mol. The first-order valence-corrected chi connectivity index (χ1v) is 9.48. The van der Waals surface area contributed by atoms with Crippen molar-refractivity contribution in [3.8, 4) is 5.75 Å². The van der Waals surface area contributed by atoms with Gasteiger partial charge in [0, 0.05) is 13.6 Å². The van der Waals surface area contributed by atoms with Gasteiger partial charge in [0.2, 0.25) is 5.91 Å². The quantitative estimate of drug-likeness (QED) is 0.657. The number of benzene rings is 1. The van der Waals surface area contributed by atoms with Crippen LogP contribution in [0.5, 0.6) is 5.75 Å². The molecule has 2 rings (SSSR count). The van der Waals surface area contributed by atoms with Crippen molar-refractivity contribution in [1.29, 1.82) is 0 Å². The largest absolute Gasteiger partial charge is 0.435 e. The van der Waals surface area contributed by atoms with Crippen LogP contribution in [-0.4, -0.2) is 74.5 Å². The second kappa shape index (κ2) is 10.6. The zero-order valence-corrected chi connectivity index (χ0v) is 16.5. The van der Waals surface area contributed by atoms with E-state index < -0.39 is 6.61 Å². The van der Waals surface area contributed by atoms with Gasteiger partial charge in [-0.05, 0) is 76.6 Å². The second-order valence-electron chi connectivity index (χ2n) is 7.58. The molecule has 1 aromatic carbocycles. The van der Waals surface area contributed by atoms with E-state index in [1.807, 2.05) is 0 Å². The average Bonchev–Trinajstić information content (AvgIpc) is 2.62. The van der Waals surface area contributed by atoms with Gasteiger partial charge in [-0.3, -0.25) is 9.69 Å². The van der Waals surface area contributed by atoms with E-state index >= 15 is 0 Å². The maximum Gasteiger partial charge on any atom is 0.387 e. The summed E-state index contributed by atoms with van der Waals surface area (Å²) in [4.78, 5) is 18.6. The smallest absolute Gasteiger partial charge is 0.387 e. The van der Waals surface area contributed by atoms with Crippen LogP contribution in [0.4, 0.5) is 8.78 Å². The highest BCUT2D eigenvalue weighted by atomic mass is 19.3. The minimum atomic E-state index is -2.83. The van der Waals surface area contributed by atoms with E-state index in [9.17, 15) is 13.6 Å². The summed E-state index contributed by atoms with van der Waals surface area (Å²) in [7, 11) is 5.97. The van der Waals surface area contributed by atoms with Crippen molar-refractivity contribution in [3.63, 3.8) is 0 Å². The molecule has 1 aliphatic rings. The normalized spacial score (nSPS) is 16.1. The summed E-state index contributed by atoms with van der Waals surface area (Å²) >= 11 is 0. The number of ether oxygens (including phenoxy) is 1. The van der Waals surface area contributed by atoms with Crippen molar-refractivity contribution in [1.82, 2.24) is 14.7 Å². The molecule has 0 aliphatic carbocycles. The van der Waals surface area contributed by atoms with Crippen molar-refractivity contribution in [2.75, 3.05) is 47.3 Å². The molecule has 0 spiro atoms. The van der Waals surface area contributed by atoms with E-state index in [2.05, 4.69) is 28.6 Å². The van der Waals surface area contributed by atoms with Crippen LogP contribution in [0.15, 0.2) is 24.3 Å². The first-order valence-electron chi connectivity index (χ1n) is 9.48. The number of hydrogen-bond donors (Lipinski definition) is 0. The predicted molar refractivity (Wildman–Crippen MR) is 102 cm³/mol. The van der Waals surface area contributed by atoms with E-state index in [1.165, 1.54) is 18.6 Å². The third-order valence-corrected chi connectivity index (χ3v) is 5.04. The highest BCUT2D eigenvalue weighted by molar-refractivity contribution is 5.78. The van der Waals surface area contributed by atoms with Gasteiger partial charge >= 0.3 is 6.61 Å². The Bertz CT molecular complexity index is 573. The molecule has 0 saturated carbocycles. The number of nitrogens with zero attached hydrogens (tertiary/aromatic N) is 3. The first kappa shape index (κ1) is 21.6. The van der Waals surface area contributed by atoms with Crippen molar-refractivity contribution < 1.29 is 18.3 Å². The molecule has 0 unspecified atom stereocenters. The van der Waals surface area contributed by atoms with Gasteiger partial charge in [0.15, 0.2) is 0 Å². The van der Waals surface area contributed by atoms with Crippen LogP contribution < -0.4 is 4.74 Å². The predicted octanol–water partition coefficient (Wildman–Crippen LogP) is 2.91. The Balaban J connectivity index is 1.73. The van der Waals surface area contributed by atoms with Crippen LogP contribution in [0.2, 0.25) is 0 Å². The number of likely N-dealkylation sites (N-methyl/N-ethyl adjacent to an activating group) is 1. The zero-order valence-electron chi connectivity index (χ0n) is 16.5. The molecule has 152 valence electrons. The molecule has 0 atom stereocenters. The first-order chi connectivity index (χ1) is 12.8. The Hall–Kier alpha value is -1.73. The maximum absolute atomic E-state index is 12.5. The molecule has 1 fully saturated rings. The van der Waals surface area contributed by atoms with E-state index in [-0.39, 0.29) is 11.7 Å². The van der Waals surface area contributed by atoms with Gasteiger partial charge in [0.25, 0.3) is 0 Å². The number of likely N-dealkylation sites (tertiary alicyclic amines) is 1. The standard InChI is InChI=1S/C20H31F2N3O2/c1-23(2)11-8-16-9-12-25(13-10-16)15-19(26)24(3)14-17-4-6-18(7-5-17)27-20(21)22/h4-7,16,20H,8-15H2,1-3H3. The van der Waals surface area contributed by atoms with E-state index in [4.69, 9.17) is 0 Å². The average molecular weight is 383 g/mol. The van der Waals surface area contributed by atoms with Crippen molar-refractivity contribution in [3.05, 3.63) is 29.8 Å². The van der Waals surface area contributed by atoms with Crippen molar-refractivity contribution in [2.45, 2.75) is 32.4 Å². The molecule has 1 saturated heterocycles. The molecule has 0 bridgehead atoms. The molecule has 1 heterocycles. The third kappa shape index (κ3) is 7.81. The lowest BCUT2D eigenvalue weighted by Crippen LogP contribution is -2.42. The summed E-state index contributed by atoms with van der Waals surface area (Å²) < 4.78 is 28.7. The fourth-order valence-electron chi connectivity index (χ4n) is 3.32. The number of amides is 1. The summed E-state index contributed by atoms with van der Waals surface area (Å²) in [5.74, 6) is 0.958. The van der Waals surface area contributed by atoms with Gasteiger partial charge in [-0.2, -0.15) is 8.78 Å². The maximum atomic E-state index is 12.5. The highest BCUT2D eigenvalue weighted by Gasteiger charge is 2.22. The van der Waals surface area contributed by atoms with Gasteiger partial charge in [-0.15, -0.1) is 0 Å². The Morgan fingerprint density at radius 1 is 1.19 bits per heavy atom. The van der Waals surface area contributed by atoms with Crippen molar-refractivity contribution >= 4 is 5.91 Å². The van der Waals surface area contributed by atoms with Crippen LogP contribution in [-0.2, 0) is 11.3 Å². The van der Waals surface area contributed by atoms with Gasteiger partial charge < -0.3 is 14.5 Å². The third-order valence-electron chi connectivity index (χ3n) is 5.04. The number of carbonyl (C=O) groups is 1. The van der Waals surface area contributed by atoms with Crippen LogP contribution in [0.25, 0.3) is 0 Å². The molecule has 0 aromatic heterocycles. The Labute approximate surface area is 160 Å². The zero-order chi connectivity index (χ0) is 19.8. The molecule has 27 heavy (non-hydrogen) atoms. The number of rotatable bonds is 9. The molecule has 1 amide bonds. The Morgan fingerprint density at radius 3 is 2.37 bits per heavy atom. The number of carbonyl (C=O) groups excluding carboxylic acids is 1.